The van der Waals surface area contributed by atoms with Gasteiger partial charge in [-0.05, 0) is 82.4 Å². The van der Waals surface area contributed by atoms with Crippen molar-refractivity contribution in [1.82, 2.24) is 9.47 Å². The van der Waals surface area contributed by atoms with Gasteiger partial charge in [0.1, 0.15) is 0 Å². The van der Waals surface area contributed by atoms with Gasteiger partial charge in [-0.15, -0.1) is 0 Å². The third-order valence-corrected chi connectivity index (χ3v) is 6.15. The lowest BCUT2D eigenvalue weighted by molar-refractivity contribution is -0.384. The summed E-state index contributed by atoms with van der Waals surface area (Å²) in [5.74, 6) is -0.333. The third kappa shape index (κ3) is 4.17. The second kappa shape index (κ2) is 8.44. The molecule has 2 heterocycles. The molecule has 2 aromatic carbocycles. The molecule has 0 radical (unpaired) electrons. The summed E-state index contributed by atoms with van der Waals surface area (Å²) >= 11 is 3.11. The average molecular weight is 531 g/mol. The molecule has 1 aliphatic heterocycles. The standard InChI is InChI=1S/C21H14IN3O4S/c22-15-5-3-14(4-6-15)13-24-20(26)19(30-21(24)27)12-18-2-1-11-23(18)16-7-9-17(10-8-16)25(28)29/h1-12H,13H2/b19-12-. The number of rotatable bonds is 5. The summed E-state index contributed by atoms with van der Waals surface area (Å²) in [4.78, 5) is 37.2. The Bertz CT molecular complexity index is 1170. The van der Waals surface area contributed by atoms with Crippen molar-refractivity contribution >= 4 is 57.3 Å². The third-order valence-electron chi connectivity index (χ3n) is 4.53. The first kappa shape index (κ1) is 20.4. The van der Waals surface area contributed by atoms with E-state index in [1.807, 2.05) is 36.4 Å². The second-order valence-electron chi connectivity index (χ2n) is 6.47. The van der Waals surface area contributed by atoms with Gasteiger partial charge in [-0.2, -0.15) is 0 Å². The predicted molar refractivity (Wildman–Crippen MR) is 123 cm³/mol. The Morgan fingerprint density at radius 1 is 1.03 bits per heavy atom. The van der Waals surface area contributed by atoms with E-state index in [1.165, 1.54) is 17.0 Å². The zero-order valence-electron chi connectivity index (χ0n) is 15.4. The molecule has 0 saturated carbocycles. The quantitative estimate of drug-likeness (QED) is 0.195. The summed E-state index contributed by atoms with van der Waals surface area (Å²) in [5.41, 5.74) is 2.30. The van der Waals surface area contributed by atoms with Crippen LogP contribution in [-0.4, -0.2) is 25.5 Å². The molecule has 1 saturated heterocycles. The fraction of sp³-hybridized carbons (Fsp3) is 0.0476. The molecule has 30 heavy (non-hydrogen) atoms. The molecule has 1 aromatic heterocycles. The van der Waals surface area contributed by atoms with Crippen molar-refractivity contribution in [2.75, 3.05) is 0 Å². The SMILES string of the molecule is O=C1S/C(=C\c2cccn2-c2ccc([N+](=O)[O-])cc2)C(=O)N1Cc1ccc(I)cc1. The molecule has 2 amide bonds. The fourth-order valence-corrected chi connectivity index (χ4v) is 4.21. The molecule has 1 aliphatic rings. The number of hydrogen-bond acceptors (Lipinski definition) is 5. The van der Waals surface area contributed by atoms with Crippen molar-refractivity contribution in [1.29, 1.82) is 0 Å². The highest BCUT2D eigenvalue weighted by Crippen LogP contribution is 2.33. The molecule has 1 fully saturated rings. The van der Waals surface area contributed by atoms with Crippen LogP contribution in [0.1, 0.15) is 11.3 Å². The molecule has 0 aliphatic carbocycles. The number of carbonyl (C=O) groups excluding carboxylic acids is 2. The largest absolute Gasteiger partial charge is 0.317 e. The summed E-state index contributed by atoms with van der Waals surface area (Å²) in [6, 6.07) is 17.4. The monoisotopic (exact) mass is 531 g/mol. The Hall–Kier alpha value is -2.92. The van der Waals surface area contributed by atoms with Crippen molar-refractivity contribution < 1.29 is 14.5 Å². The minimum atomic E-state index is -0.454. The smallest absolute Gasteiger partial charge is 0.293 e. The van der Waals surface area contributed by atoms with Gasteiger partial charge in [0, 0.05) is 33.3 Å². The van der Waals surface area contributed by atoms with E-state index in [4.69, 9.17) is 0 Å². The molecule has 0 bridgehead atoms. The molecule has 150 valence electrons. The lowest BCUT2D eigenvalue weighted by Gasteiger charge is -2.12. The Morgan fingerprint density at radius 2 is 1.73 bits per heavy atom. The van der Waals surface area contributed by atoms with Crippen LogP contribution in [0.5, 0.6) is 0 Å². The normalized spacial score (nSPS) is 15.2. The second-order valence-corrected chi connectivity index (χ2v) is 8.71. The van der Waals surface area contributed by atoms with Gasteiger partial charge in [0.2, 0.25) is 0 Å². The first-order valence-corrected chi connectivity index (χ1v) is 10.7. The lowest BCUT2D eigenvalue weighted by atomic mass is 10.2. The molecule has 0 N–H and O–H groups in total. The summed E-state index contributed by atoms with van der Waals surface area (Å²) < 4.78 is 2.88. The number of nitrogens with zero attached hydrogens (tertiary/aromatic N) is 3. The molecule has 9 heteroatoms. The minimum absolute atomic E-state index is 0.00387. The Balaban J connectivity index is 1.58. The van der Waals surface area contributed by atoms with E-state index in [0.717, 1.165) is 26.6 Å². The van der Waals surface area contributed by atoms with E-state index in [0.29, 0.717) is 10.6 Å². The van der Waals surface area contributed by atoms with Crippen LogP contribution in [0.3, 0.4) is 0 Å². The summed E-state index contributed by atoms with van der Waals surface area (Å²) in [7, 11) is 0. The number of halogens is 1. The van der Waals surface area contributed by atoms with Gasteiger partial charge in [-0.1, -0.05) is 12.1 Å². The van der Waals surface area contributed by atoms with Crippen LogP contribution in [0.4, 0.5) is 10.5 Å². The van der Waals surface area contributed by atoms with Crippen LogP contribution in [0.2, 0.25) is 0 Å². The maximum absolute atomic E-state index is 12.8. The molecule has 7 nitrogen and oxygen atoms in total. The molecular formula is C21H14IN3O4S. The minimum Gasteiger partial charge on any atom is -0.317 e. The Morgan fingerprint density at radius 3 is 2.40 bits per heavy atom. The summed E-state index contributed by atoms with van der Waals surface area (Å²) in [6.07, 6.45) is 3.46. The van der Waals surface area contributed by atoms with Crippen molar-refractivity contribution in [2.45, 2.75) is 6.54 Å². The summed E-state index contributed by atoms with van der Waals surface area (Å²) in [5, 5.41) is 10.5. The van der Waals surface area contributed by atoms with Crippen LogP contribution >= 0.6 is 34.4 Å². The Kier molecular flexibility index (Phi) is 5.73. The van der Waals surface area contributed by atoms with Crippen LogP contribution in [0.15, 0.2) is 71.8 Å². The molecule has 3 aromatic rings. The number of aromatic nitrogens is 1. The van der Waals surface area contributed by atoms with E-state index in [2.05, 4.69) is 22.6 Å². The molecule has 4 rings (SSSR count). The van der Waals surface area contributed by atoms with Gasteiger partial charge in [0.25, 0.3) is 16.8 Å². The van der Waals surface area contributed by atoms with Crippen LogP contribution < -0.4 is 0 Å². The predicted octanol–water partition coefficient (Wildman–Crippen LogP) is 5.23. The first-order valence-electron chi connectivity index (χ1n) is 8.84. The van der Waals surface area contributed by atoms with E-state index in [1.54, 1.807) is 29.0 Å². The fourth-order valence-electron chi connectivity index (χ4n) is 3.02. The number of nitro groups is 1. The number of thioether (sulfide) groups is 1. The van der Waals surface area contributed by atoms with Crippen molar-refractivity contribution in [2.24, 2.45) is 0 Å². The zero-order valence-corrected chi connectivity index (χ0v) is 18.4. The van der Waals surface area contributed by atoms with Crippen LogP contribution in [0.25, 0.3) is 11.8 Å². The van der Waals surface area contributed by atoms with Crippen molar-refractivity contribution in [3.8, 4) is 5.69 Å². The highest BCUT2D eigenvalue weighted by atomic mass is 127. The van der Waals surface area contributed by atoms with E-state index in [-0.39, 0.29) is 23.4 Å². The number of benzene rings is 2. The van der Waals surface area contributed by atoms with Gasteiger partial charge in [0.15, 0.2) is 0 Å². The number of hydrogen-bond donors (Lipinski definition) is 0. The van der Waals surface area contributed by atoms with Gasteiger partial charge in [0.05, 0.1) is 16.4 Å². The van der Waals surface area contributed by atoms with Crippen molar-refractivity contribution in [3.63, 3.8) is 0 Å². The highest BCUT2D eigenvalue weighted by Gasteiger charge is 2.35. The van der Waals surface area contributed by atoms with E-state index < -0.39 is 4.92 Å². The molecular weight excluding hydrogens is 517 g/mol. The topological polar surface area (TPSA) is 85.5 Å². The van der Waals surface area contributed by atoms with Gasteiger partial charge in [-0.3, -0.25) is 24.6 Å². The van der Waals surface area contributed by atoms with Crippen LogP contribution in [0, 0.1) is 13.7 Å². The highest BCUT2D eigenvalue weighted by molar-refractivity contribution is 14.1. The lowest BCUT2D eigenvalue weighted by Crippen LogP contribution is -2.27. The number of non-ortho nitro benzene ring substituents is 1. The average Bonchev–Trinajstić information content (AvgIpc) is 3.30. The van der Waals surface area contributed by atoms with E-state index >= 15 is 0 Å². The number of amides is 2. The van der Waals surface area contributed by atoms with Crippen LogP contribution in [-0.2, 0) is 11.3 Å². The summed E-state index contributed by atoms with van der Waals surface area (Å²) in [6.45, 7) is 0.224. The number of nitro benzene ring substituents is 1. The van der Waals surface area contributed by atoms with Gasteiger partial charge in [-0.25, -0.2) is 0 Å². The molecule has 0 atom stereocenters. The van der Waals surface area contributed by atoms with Crippen molar-refractivity contribution in [3.05, 3.63) is 96.7 Å². The zero-order chi connectivity index (χ0) is 21.3. The van der Waals surface area contributed by atoms with E-state index in [9.17, 15) is 19.7 Å². The Labute approximate surface area is 189 Å². The maximum atomic E-state index is 12.8. The number of imide groups is 1. The first-order chi connectivity index (χ1) is 14.4. The maximum Gasteiger partial charge on any atom is 0.293 e. The van der Waals surface area contributed by atoms with Gasteiger partial charge < -0.3 is 4.57 Å². The van der Waals surface area contributed by atoms with Gasteiger partial charge >= 0.3 is 0 Å². The number of carbonyl (C=O) groups is 2. The molecule has 0 spiro atoms. The molecule has 0 unspecified atom stereocenters.